The first-order valence-electron chi connectivity index (χ1n) is 11.4. The van der Waals surface area contributed by atoms with Crippen molar-refractivity contribution in [2.24, 2.45) is 5.41 Å². The fraction of sp³-hybridized carbons (Fsp3) is 0.148. The van der Waals surface area contributed by atoms with Gasteiger partial charge >= 0.3 is 0 Å². The SMILES string of the molecule is CNc1cc2nccc(Oc3ccc(NC(=O)C4(C(=O)Nc5ccc(F)cc5)CC4)cc3F)c2cc1O. The Labute approximate surface area is 210 Å². The number of carbonyl (C=O) groups excluding carboxylic acids is 2. The minimum Gasteiger partial charge on any atom is -0.506 e. The fourth-order valence-electron chi connectivity index (χ4n) is 3.94. The van der Waals surface area contributed by atoms with Crippen LogP contribution in [0.1, 0.15) is 12.8 Å². The standard InChI is InChI=1S/C27H22F2N4O4/c1-30-21-14-20-18(13-22(21)34)23(8-11-31-20)37-24-7-6-17(12-19(24)29)33-26(36)27(9-10-27)25(35)32-16-4-2-15(28)3-5-16/h2-8,11-14,30,34H,9-10H2,1H3,(H,32,35)(H,33,36). The number of hydrogen-bond acceptors (Lipinski definition) is 6. The Kier molecular flexibility index (Phi) is 6.08. The normalized spacial score (nSPS) is 13.6. The van der Waals surface area contributed by atoms with Crippen LogP contribution in [0.5, 0.6) is 17.2 Å². The van der Waals surface area contributed by atoms with Crippen LogP contribution in [0.4, 0.5) is 25.8 Å². The van der Waals surface area contributed by atoms with E-state index >= 15 is 0 Å². The lowest BCUT2D eigenvalue weighted by Gasteiger charge is -2.16. The number of hydrogen-bond donors (Lipinski definition) is 4. The number of pyridine rings is 1. The molecule has 0 atom stereocenters. The Morgan fingerprint density at radius 2 is 1.59 bits per heavy atom. The molecular formula is C27H22F2N4O4. The van der Waals surface area contributed by atoms with E-state index in [1.165, 1.54) is 48.7 Å². The average molecular weight is 504 g/mol. The first-order valence-corrected chi connectivity index (χ1v) is 11.4. The van der Waals surface area contributed by atoms with E-state index in [2.05, 4.69) is 20.9 Å². The molecule has 0 saturated heterocycles. The van der Waals surface area contributed by atoms with Crippen LogP contribution >= 0.6 is 0 Å². The fourth-order valence-corrected chi connectivity index (χ4v) is 3.94. The predicted molar refractivity (Wildman–Crippen MR) is 135 cm³/mol. The number of anilines is 3. The van der Waals surface area contributed by atoms with Gasteiger partial charge in [0, 0.05) is 36.1 Å². The molecule has 0 spiro atoms. The van der Waals surface area contributed by atoms with Gasteiger partial charge in [0.15, 0.2) is 11.6 Å². The van der Waals surface area contributed by atoms with Crippen LogP contribution in [0.15, 0.2) is 66.9 Å². The zero-order valence-corrected chi connectivity index (χ0v) is 19.6. The van der Waals surface area contributed by atoms with Crippen LogP contribution < -0.4 is 20.7 Å². The molecule has 0 aliphatic heterocycles. The van der Waals surface area contributed by atoms with Crippen molar-refractivity contribution < 1.29 is 28.2 Å². The number of rotatable bonds is 7. The van der Waals surface area contributed by atoms with Gasteiger partial charge in [0.05, 0.1) is 11.2 Å². The number of nitrogens with one attached hydrogen (secondary N) is 3. The first kappa shape index (κ1) is 24.0. The van der Waals surface area contributed by atoms with Gasteiger partial charge in [-0.2, -0.15) is 0 Å². The van der Waals surface area contributed by atoms with E-state index in [4.69, 9.17) is 4.74 Å². The number of aromatic nitrogens is 1. The summed E-state index contributed by atoms with van der Waals surface area (Å²) in [5.41, 5.74) is 0.286. The third kappa shape index (κ3) is 4.73. The van der Waals surface area contributed by atoms with E-state index < -0.39 is 28.9 Å². The van der Waals surface area contributed by atoms with E-state index in [-0.39, 0.29) is 22.9 Å². The lowest BCUT2D eigenvalue weighted by molar-refractivity contribution is -0.131. The third-order valence-corrected chi connectivity index (χ3v) is 6.22. The van der Waals surface area contributed by atoms with Gasteiger partial charge in [-0.1, -0.05) is 0 Å². The molecule has 37 heavy (non-hydrogen) atoms. The van der Waals surface area contributed by atoms with Gasteiger partial charge < -0.3 is 25.8 Å². The van der Waals surface area contributed by atoms with Crippen LogP contribution in [0.3, 0.4) is 0 Å². The van der Waals surface area contributed by atoms with Crippen molar-refractivity contribution in [1.82, 2.24) is 4.98 Å². The second-order valence-corrected chi connectivity index (χ2v) is 8.69. The molecule has 10 heteroatoms. The molecule has 2 amide bonds. The molecule has 5 rings (SSSR count). The Balaban J connectivity index is 1.30. The van der Waals surface area contributed by atoms with E-state index in [0.717, 1.165) is 6.07 Å². The monoisotopic (exact) mass is 504 g/mol. The zero-order chi connectivity index (χ0) is 26.2. The topological polar surface area (TPSA) is 113 Å². The molecule has 1 fully saturated rings. The van der Waals surface area contributed by atoms with Crippen LogP contribution in [-0.2, 0) is 9.59 Å². The minimum atomic E-state index is -1.27. The summed E-state index contributed by atoms with van der Waals surface area (Å²) in [4.78, 5) is 29.9. The summed E-state index contributed by atoms with van der Waals surface area (Å²) >= 11 is 0. The Morgan fingerprint density at radius 1 is 0.919 bits per heavy atom. The number of phenolic OH excluding ortho intramolecular Hbond substituents is 1. The highest BCUT2D eigenvalue weighted by atomic mass is 19.1. The van der Waals surface area contributed by atoms with Gasteiger partial charge in [0.1, 0.15) is 22.7 Å². The summed E-state index contributed by atoms with van der Waals surface area (Å²) in [7, 11) is 1.67. The summed E-state index contributed by atoms with van der Waals surface area (Å²) in [5.74, 6) is -2.07. The van der Waals surface area contributed by atoms with Gasteiger partial charge in [0.25, 0.3) is 0 Å². The quantitative estimate of drug-likeness (QED) is 0.198. The molecule has 4 N–H and O–H groups in total. The van der Waals surface area contributed by atoms with Gasteiger partial charge in [-0.3, -0.25) is 14.6 Å². The lowest BCUT2D eigenvalue weighted by atomic mass is 10.0. The molecule has 1 saturated carbocycles. The molecule has 1 heterocycles. The number of halogens is 2. The molecule has 8 nitrogen and oxygen atoms in total. The molecular weight excluding hydrogens is 482 g/mol. The van der Waals surface area contributed by atoms with Crippen molar-refractivity contribution in [3.8, 4) is 17.2 Å². The van der Waals surface area contributed by atoms with E-state index in [9.17, 15) is 23.5 Å². The Hall–Kier alpha value is -4.73. The first-order chi connectivity index (χ1) is 17.8. The summed E-state index contributed by atoms with van der Waals surface area (Å²) in [6.07, 6.45) is 2.19. The lowest BCUT2D eigenvalue weighted by Crippen LogP contribution is -2.35. The second-order valence-electron chi connectivity index (χ2n) is 8.69. The molecule has 1 aromatic heterocycles. The van der Waals surface area contributed by atoms with E-state index in [1.807, 2.05) is 0 Å². The van der Waals surface area contributed by atoms with E-state index in [1.54, 1.807) is 19.2 Å². The number of phenols is 1. The van der Waals surface area contributed by atoms with Crippen LogP contribution in [-0.4, -0.2) is 29.0 Å². The zero-order valence-electron chi connectivity index (χ0n) is 19.6. The largest absolute Gasteiger partial charge is 0.506 e. The highest BCUT2D eigenvalue weighted by molar-refractivity contribution is 6.16. The Morgan fingerprint density at radius 3 is 2.24 bits per heavy atom. The number of nitrogens with zero attached hydrogens (tertiary/aromatic N) is 1. The summed E-state index contributed by atoms with van der Waals surface area (Å²) in [5, 5.41) is 18.7. The minimum absolute atomic E-state index is 0.0103. The average Bonchev–Trinajstić information content (AvgIpc) is 3.69. The van der Waals surface area contributed by atoms with E-state index in [0.29, 0.717) is 35.1 Å². The van der Waals surface area contributed by atoms with Crippen molar-refractivity contribution in [3.63, 3.8) is 0 Å². The molecule has 1 aliphatic rings. The number of amides is 2. The maximum Gasteiger partial charge on any atom is 0.240 e. The molecule has 4 aromatic rings. The van der Waals surface area contributed by atoms with Crippen molar-refractivity contribution in [1.29, 1.82) is 0 Å². The van der Waals surface area contributed by atoms with Gasteiger partial charge in [-0.05, 0) is 67.4 Å². The van der Waals surface area contributed by atoms with Crippen molar-refractivity contribution in [2.75, 3.05) is 23.0 Å². The van der Waals surface area contributed by atoms with Gasteiger partial charge in [0.2, 0.25) is 11.8 Å². The number of benzene rings is 3. The second kappa shape index (κ2) is 9.38. The maximum absolute atomic E-state index is 14.9. The van der Waals surface area contributed by atoms with Crippen LogP contribution in [0.2, 0.25) is 0 Å². The Bertz CT molecular complexity index is 1520. The maximum atomic E-state index is 14.9. The molecule has 1 aliphatic carbocycles. The van der Waals surface area contributed by atoms with Gasteiger partial charge in [-0.25, -0.2) is 8.78 Å². The van der Waals surface area contributed by atoms with Crippen LogP contribution in [0.25, 0.3) is 10.9 Å². The number of ether oxygens (including phenoxy) is 1. The van der Waals surface area contributed by atoms with Crippen molar-refractivity contribution in [2.45, 2.75) is 12.8 Å². The third-order valence-electron chi connectivity index (χ3n) is 6.22. The molecule has 0 radical (unpaired) electrons. The number of carbonyl (C=O) groups is 2. The van der Waals surface area contributed by atoms with Crippen LogP contribution in [0, 0.1) is 17.0 Å². The highest BCUT2D eigenvalue weighted by Crippen LogP contribution is 2.47. The smallest absolute Gasteiger partial charge is 0.240 e. The summed E-state index contributed by atoms with van der Waals surface area (Å²) < 4.78 is 33.8. The molecule has 3 aromatic carbocycles. The van der Waals surface area contributed by atoms with Gasteiger partial charge in [-0.15, -0.1) is 0 Å². The van der Waals surface area contributed by atoms with Crippen molar-refractivity contribution >= 4 is 39.8 Å². The molecule has 0 unspecified atom stereocenters. The summed E-state index contributed by atoms with van der Waals surface area (Å²) in [6, 6.07) is 13.8. The number of aromatic hydroxyl groups is 1. The highest BCUT2D eigenvalue weighted by Gasteiger charge is 2.56. The predicted octanol–water partition coefficient (Wildman–Crippen LogP) is 5.41. The number of fused-ring (bicyclic) bond motifs is 1. The van der Waals surface area contributed by atoms with Crippen molar-refractivity contribution in [3.05, 3.63) is 78.5 Å². The molecule has 0 bridgehead atoms. The molecule has 188 valence electrons. The summed E-state index contributed by atoms with van der Waals surface area (Å²) in [6.45, 7) is 0.